The van der Waals surface area contributed by atoms with Gasteiger partial charge in [-0.05, 0) is 63.0 Å². The number of amides is 1. The molecular formula is C28H32FN3O6S. The molecule has 5 rings (SSSR count). The molecule has 208 valence electrons. The van der Waals surface area contributed by atoms with Gasteiger partial charge in [0.25, 0.3) is 0 Å². The molecule has 0 saturated carbocycles. The maximum atomic E-state index is 14.0. The molecule has 0 N–H and O–H groups in total. The number of benzene rings is 1. The molecule has 2 aliphatic heterocycles. The quantitative estimate of drug-likeness (QED) is 0.382. The normalized spacial score (nSPS) is 19.2. The van der Waals surface area contributed by atoms with Gasteiger partial charge in [-0.15, -0.1) is 0 Å². The Morgan fingerprint density at radius 2 is 1.95 bits per heavy atom. The van der Waals surface area contributed by atoms with Crippen LogP contribution in [0.15, 0.2) is 56.5 Å². The summed E-state index contributed by atoms with van der Waals surface area (Å²) in [6, 6.07) is 9.80. The number of rotatable bonds is 9. The van der Waals surface area contributed by atoms with Crippen molar-refractivity contribution < 1.29 is 31.3 Å². The van der Waals surface area contributed by atoms with Gasteiger partial charge in [-0.1, -0.05) is 23.4 Å². The van der Waals surface area contributed by atoms with Gasteiger partial charge >= 0.3 is 0 Å². The molecule has 2 aromatic heterocycles. The average molecular weight is 558 g/mol. The van der Waals surface area contributed by atoms with Crippen LogP contribution in [0.1, 0.15) is 48.5 Å². The second kappa shape index (κ2) is 11.8. The van der Waals surface area contributed by atoms with Crippen molar-refractivity contribution in [2.24, 2.45) is 5.92 Å². The first-order chi connectivity index (χ1) is 18.8. The van der Waals surface area contributed by atoms with Crippen LogP contribution in [0.2, 0.25) is 0 Å². The maximum Gasteiger partial charge on any atom is 0.248 e. The molecule has 2 aliphatic rings. The van der Waals surface area contributed by atoms with Gasteiger partial charge in [0.2, 0.25) is 15.9 Å². The fourth-order valence-electron chi connectivity index (χ4n) is 5.16. The molecule has 1 amide bonds. The second-order valence-electron chi connectivity index (χ2n) is 9.93. The topological polar surface area (TPSA) is 106 Å². The Morgan fingerprint density at radius 3 is 2.64 bits per heavy atom. The largest absolute Gasteiger partial charge is 0.467 e. The summed E-state index contributed by atoms with van der Waals surface area (Å²) in [5.41, 5.74) is 0.527. The van der Waals surface area contributed by atoms with Crippen LogP contribution >= 0.6 is 0 Å². The Hall–Kier alpha value is -3.28. The van der Waals surface area contributed by atoms with Gasteiger partial charge in [-0.25, -0.2) is 12.8 Å². The Labute approximate surface area is 227 Å². The zero-order chi connectivity index (χ0) is 27.4. The number of nitrogens with zero attached hydrogens (tertiary/aromatic N) is 3. The Bertz CT molecular complexity index is 1400. The molecule has 1 aromatic carbocycles. The van der Waals surface area contributed by atoms with Crippen molar-refractivity contribution in [2.45, 2.75) is 50.2 Å². The summed E-state index contributed by atoms with van der Waals surface area (Å²) in [7, 11) is -3.95. The molecule has 2 saturated heterocycles. The number of sulfonamides is 1. The van der Waals surface area contributed by atoms with E-state index in [1.165, 1.54) is 22.5 Å². The number of ether oxygens (including phenoxy) is 1. The monoisotopic (exact) mass is 557 g/mol. The van der Waals surface area contributed by atoms with Crippen LogP contribution in [-0.4, -0.2) is 61.0 Å². The van der Waals surface area contributed by atoms with Crippen molar-refractivity contribution in [3.8, 4) is 0 Å². The van der Waals surface area contributed by atoms with E-state index in [0.29, 0.717) is 43.9 Å². The third kappa shape index (κ3) is 6.15. The summed E-state index contributed by atoms with van der Waals surface area (Å²) in [5, 5.41) is 3.86. The van der Waals surface area contributed by atoms with Gasteiger partial charge in [-0.3, -0.25) is 4.79 Å². The van der Waals surface area contributed by atoms with E-state index in [1.54, 1.807) is 42.4 Å². The number of furan rings is 1. The summed E-state index contributed by atoms with van der Waals surface area (Å²) in [4.78, 5) is 15.3. The predicted molar refractivity (Wildman–Crippen MR) is 141 cm³/mol. The fraction of sp³-hybridized carbons (Fsp3) is 0.429. The zero-order valence-corrected chi connectivity index (χ0v) is 22.6. The minimum atomic E-state index is -3.95. The number of halogens is 1. The number of aryl methyl sites for hydroxylation is 1. The van der Waals surface area contributed by atoms with Gasteiger partial charge in [0.1, 0.15) is 17.3 Å². The average Bonchev–Trinajstić information content (AvgIpc) is 3.71. The Kier molecular flexibility index (Phi) is 8.29. The van der Waals surface area contributed by atoms with Crippen LogP contribution in [0.5, 0.6) is 0 Å². The first-order valence-electron chi connectivity index (χ1n) is 13.1. The van der Waals surface area contributed by atoms with E-state index in [2.05, 4.69) is 5.16 Å². The molecule has 0 unspecified atom stereocenters. The smallest absolute Gasteiger partial charge is 0.248 e. The number of carbonyl (C=O) groups excluding carboxylic acids is 1. The van der Waals surface area contributed by atoms with Crippen LogP contribution in [-0.2, 0) is 26.1 Å². The highest BCUT2D eigenvalue weighted by Gasteiger charge is 2.37. The van der Waals surface area contributed by atoms with Gasteiger partial charge in [-0.2, -0.15) is 4.31 Å². The second-order valence-corrected chi connectivity index (χ2v) is 11.8. The number of aromatic nitrogens is 1. The number of hydrogen-bond acceptors (Lipinski definition) is 7. The Morgan fingerprint density at radius 1 is 1.15 bits per heavy atom. The minimum absolute atomic E-state index is 0.00298. The summed E-state index contributed by atoms with van der Waals surface area (Å²) in [6.45, 7) is 3.47. The molecule has 4 heterocycles. The van der Waals surface area contributed by atoms with Crippen LogP contribution in [0.25, 0.3) is 12.2 Å². The summed E-state index contributed by atoms with van der Waals surface area (Å²) >= 11 is 0. The lowest BCUT2D eigenvalue weighted by Crippen LogP contribution is -2.46. The first kappa shape index (κ1) is 27.3. The van der Waals surface area contributed by atoms with E-state index in [9.17, 15) is 17.6 Å². The molecule has 0 spiro atoms. The van der Waals surface area contributed by atoms with E-state index in [0.717, 1.165) is 12.8 Å². The summed E-state index contributed by atoms with van der Waals surface area (Å²) in [5.74, 6) is -0.0254. The lowest BCUT2D eigenvalue weighted by Gasteiger charge is -2.34. The highest BCUT2D eigenvalue weighted by molar-refractivity contribution is 7.89. The fourth-order valence-corrected chi connectivity index (χ4v) is 6.88. The van der Waals surface area contributed by atoms with E-state index in [-0.39, 0.29) is 47.4 Å². The molecule has 0 aliphatic carbocycles. The van der Waals surface area contributed by atoms with Gasteiger partial charge < -0.3 is 18.6 Å². The Balaban J connectivity index is 1.27. The molecule has 9 nitrogen and oxygen atoms in total. The molecular weight excluding hydrogens is 525 g/mol. The summed E-state index contributed by atoms with van der Waals surface area (Å²) < 4.78 is 59.2. The number of carbonyl (C=O) groups is 1. The number of hydrogen-bond donors (Lipinski definition) is 0. The lowest BCUT2D eigenvalue weighted by atomic mass is 9.96. The van der Waals surface area contributed by atoms with Crippen molar-refractivity contribution in [3.05, 3.63) is 71.3 Å². The van der Waals surface area contributed by atoms with Gasteiger partial charge in [0.05, 0.1) is 18.9 Å². The zero-order valence-electron chi connectivity index (χ0n) is 21.8. The molecule has 39 heavy (non-hydrogen) atoms. The van der Waals surface area contributed by atoms with Crippen molar-refractivity contribution in [1.82, 2.24) is 14.4 Å². The van der Waals surface area contributed by atoms with E-state index in [1.807, 2.05) is 6.07 Å². The minimum Gasteiger partial charge on any atom is -0.467 e. The van der Waals surface area contributed by atoms with Crippen LogP contribution in [0, 0.1) is 18.7 Å². The highest BCUT2D eigenvalue weighted by atomic mass is 32.2. The first-order valence-corrected chi connectivity index (χ1v) is 14.6. The molecule has 11 heteroatoms. The highest BCUT2D eigenvalue weighted by Crippen LogP contribution is 2.30. The third-order valence-electron chi connectivity index (χ3n) is 7.24. The summed E-state index contributed by atoms with van der Waals surface area (Å²) in [6.07, 6.45) is 7.12. The molecule has 3 aromatic rings. The third-order valence-corrected chi connectivity index (χ3v) is 9.30. The van der Waals surface area contributed by atoms with Crippen LogP contribution < -0.4 is 0 Å². The SMILES string of the molecule is Cc1noc(/C=C/c2ccccc2F)c1S(=O)(=O)N1CCC(C(=O)N(Cc2ccco2)C[C@@H]2CCCO2)CC1. The van der Waals surface area contributed by atoms with Crippen molar-refractivity contribution in [1.29, 1.82) is 0 Å². The number of piperidine rings is 1. The van der Waals surface area contributed by atoms with E-state index >= 15 is 0 Å². The standard InChI is InChI=1S/C28H32FN3O6S/c1-20-27(26(38-30-20)11-10-21-6-2-3-9-25(21)29)39(34,35)32-14-12-22(13-15-32)28(33)31(18-23-7-4-16-36-23)19-24-8-5-17-37-24/h2-4,6-7,9-11,16,22,24H,5,8,12-15,17-19H2,1H3/b11-10+/t24-/m0/s1. The van der Waals surface area contributed by atoms with Crippen LogP contribution in [0.4, 0.5) is 4.39 Å². The molecule has 1 atom stereocenters. The molecule has 2 fully saturated rings. The molecule has 0 radical (unpaired) electrons. The van der Waals surface area contributed by atoms with Gasteiger partial charge in [0, 0.05) is 37.7 Å². The van der Waals surface area contributed by atoms with E-state index in [4.69, 9.17) is 13.7 Å². The lowest BCUT2D eigenvalue weighted by molar-refractivity contribution is -0.139. The maximum absolute atomic E-state index is 14.0. The van der Waals surface area contributed by atoms with Gasteiger partial charge in [0.15, 0.2) is 10.7 Å². The van der Waals surface area contributed by atoms with E-state index < -0.39 is 15.8 Å². The molecule has 0 bridgehead atoms. The van der Waals surface area contributed by atoms with Crippen LogP contribution in [0.3, 0.4) is 0 Å². The predicted octanol–water partition coefficient (Wildman–Crippen LogP) is 4.49. The van der Waals surface area contributed by atoms with Crippen molar-refractivity contribution in [2.75, 3.05) is 26.2 Å². The van der Waals surface area contributed by atoms with Crippen molar-refractivity contribution in [3.63, 3.8) is 0 Å². The van der Waals surface area contributed by atoms with Crippen molar-refractivity contribution >= 4 is 28.1 Å².